The predicted octanol–water partition coefficient (Wildman–Crippen LogP) is 2.22. The van der Waals surface area contributed by atoms with Gasteiger partial charge in [0.25, 0.3) is 0 Å². The molecule has 2 rings (SSSR count). The quantitative estimate of drug-likeness (QED) is 0.790. The van der Waals surface area contributed by atoms with Crippen molar-refractivity contribution in [1.29, 1.82) is 0 Å². The van der Waals surface area contributed by atoms with Crippen LogP contribution in [0.3, 0.4) is 0 Å². The summed E-state index contributed by atoms with van der Waals surface area (Å²) in [7, 11) is 0. The van der Waals surface area contributed by atoms with Gasteiger partial charge in [0.15, 0.2) is 17.5 Å². The largest absolute Gasteiger partial charge is 0.382 e. The van der Waals surface area contributed by atoms with Gasteiger partial charge in [-0.25, -0.2) is 18.2 Å². The number of nitrogens with zero attached hydrogens (tertiary/aromatic N) is 2. The summed E-state index contributed by atoms with van der Waals surface area (Å²) >= 11 is 0. The fraction of sp³-hybridized carbons (Fsp3) is 0. The first kappa shape index (κ1) is 11.2. The molecule has 1 aromatic heterocycles. The highest BCUT2D eigenvalue weighted by atomic mass is 19.2. The molecule has 2 aromatic rings. The summed E-state index contributed by atoms with van der Waals surface area (Å²) in [5, 5.41) is 2.45. The Bertz CT molecular complexity index is 559. The second-order valence-electron chi connectivity index (χ2n) is 3.20. The topological polar surface area (TPSA) is 63.8 Å². The fourth-order valence-electron chi connectivity index (χ4n) is 1.20. The van der Waals surface area contributed by atoms with Gasteiger partial charge in [-0.2, -0.15) is 0 Å². The number of nitrogen functional groups attached to an aromatic ring is 1. The van der Waals surface area contributed by atoms with Crippen molar-refractivity contribution < 1.29 is 13.2 Å². The van der Waals surface area contributed by atoms with Crippen LogP contribution in [0.5, 0.6) is 0 Å². The van der Waals surface area contributed by atoms with E-state index in [9.17, 15) is 13.2 Å². The van der Waals surface area contributed by atoms with Gasteiger partial charge < -0.3 is 11.1 Å². The molecular weight excluding hydrogens is 233 g/mol. The molecule has 0 spiro atoms. The van der Waals surface area contributed by atoms with Crippen LogP contribution in [-0.2, 0) is 0 Å². The van der Waals surface area contributed by atoms with E-state index in [1.54, 1.807) is 0 Å². The van der Waals surface area contributed by atoms with E-state index in [0.717, 1.165) is 0 Å². The van der Waals surface area contributed by atoms with Crippen LogP contribution >= 0.6 is 0 Å². The van der Waals surface area contributed by atoms with E-state index < -0.39 is 17.5 Å². The minimum Gasteiger partial charge on any atom is -0.382 e. The lowest BCUT2D eigenvalue weighted by atomic mass is 10.3. The number of rotatable bonds is 2. The number of halogens is 3. The van der Waals surface area contributed by atoms with Crippen LogP contribution in [0.25, 0.3) is 0 Å². The average molecular weight is 240 g/mol. The molecule has 0 unspecified atom stereocenters. The molecule has 3 N–H and O–H groups in total. The van der Waals surface area contributed by atoms with Gasteiger partial charge in [-0.15, -0.1) is 0 Å². The fourth-order valence-corrected chi connectivity index (χ4v) is 1.20. The van der Waals surface area contributed by atoms with Crippen molar-refractivity contribution in [2.75, 3.05) is 11.1 Å². The molecule has 0 bridgehead atoms. The molecule has 0 amide bonds. The summed E-state index contributed by atoms with van der Waals surface area (Å²) in [6, 6.07) is 1.13. The Hall–Kier alpha value is -2.31. The van der Waals surface area contributed by atoms with Gasteiger partial charge in [0.05, 0.1) is 18.1 Å². The highest BCUT2D eigenvalue weighted by Crippen LogP contribution is 2.21. The first-order valence-corrected chi connectivity index (χ1v) is 4.55. The number of hydrogen-bond acceptors (Lipinski definition) is 4. The normalized spacial score (nSPS) is 10.3. The van der Waals surface area contributed by atoms with Crippen LogP contribution in [0.1, 0.15) is 0 Å². The summed E-state index contributed by atoms with van der Waals surface area (Å²) in [6.07, 6.45) is 2.57. The maximum Gasteiger partial charge on any atom is 0.161 e. The molecule has 1 aromatic carbocycles. The van der Waals surface area contributed by atoms with Crippen molar-refractivity contribution in [3.05, 3.63) is 42.0 Å². The summed E-state index contributed by atoms with van der Waals surface area (Å²) in [6.45, 7) is 0. The third kappa shape index (κ3) is 2.44. The Balaban J connectivity index is 2.33. The average Bonchev–Trinajstić information content (AvgIpc) is 2.26. The van der Waals surface area contributed by atoms with Gasteiger partial charge >= 0.3 is 0 Å². The SMILES string of the molecule is Nc1cncc(Nc2cc(F)c(F)cc2F)n1. The molecule has 0 aliphatic heterocycles. The van der Waals surface area contributed by atoms with Gasteiger partial charge in [0, 0.05) is 12.1 Å². The van der Waals surface area contributed by atoms with E-state index in [-0.39, 0.29) is 17.3 Å². The Labute approximate surface area is 94.3 Å². The molecule has 0 saturated heterocycles. The first-order chi connectivity index (χ1) is 8.06. The van der Waals surface area contributed by atoms with Crippen molar-refractivity contribution in [3.8, 4) is 0 Å². The maximum atomic E-state index is 13.3. The molecule has 0 atom stereocenters. The van der Waals surface area contributed by atoms with Crippen molar-refractivity contribution in [3.63, 3.8) is 0 Å². The third-order valence-corrected chi connectivity index (χ3v) is 1.93. The second kappa shape index (κ2) is 4.28. The van der Waals surface area contributed by atoms with E-state index >= 15 is 0 Å². The van der Waals surface area contributed by atoms with Crippen molar-refractivity contribution in [2.45, 2.75) is 0 Å². The zero-order valence-corrected chi connectivity index (χ0v) is 8.42. The van der Waals surface area contributed by atoms with Gasteiger partial charge in [-0.1, -0.05) is 0 Å². The van der Waals surface area contributed by atoms with Crippen LogP contribution in [-0.4, -0.2) is 9.97 Å². The molecule has 17 heavy (non-hydrogen) atoms. The van der Waals surface area contributed by atoms with Crippen molar-refractivity contribution >= 4 is 17.3 Å². The maximum absolute atomic E-state index is 13.3. The first-order valence-electron chi connectivity index (χ1n) is 4.55. The second-order valence-corrected chi connectivity index (χ2v) is 3.20. The van der Waals surface area contributed by atoms with E-state index in [4.69, 9.17) is 5.73 Å². The number of nitrogens with one attached hydrogen (secondary N) is 1. The molecule has 0 saturated carbocycles. The van der Waals surface area contributed by atoms with Crippen LogP contribution < -0.4 is 11.1 Å². The van der Waals surface area contributed by atoms with Crippen molar-refractivity contribution in [2.24, 2.45) is 0 Å². The zero-order chi connectivity index (χ0) is 12.4. The highest BCUT2D eigenvalue weighted by molar-refractivity contribution is 5.57. The van der Waals surface area contributed by atoms with Gasteiger partial charge in [-0.05, 0) is 0 Å². The predicted molar refractivity (Wildman–Crippen MR) is 56.0 cm³/mol. The highest BCUT2D eigenvalue weighted by Gasteiger charge is 2.10. The molecule has 4 nitrogen and oxygen atoms in total. The summed E-state index contributed by atoms with van der Waals surface area (Å²) < 4.78 is 38.8. The summed E-state index contributed by atoms with van der Waals surface area (Å²) in [4.78, 5) is 7.49. The lowest BCUT2D eigenvalue weighted by Crippen LogP contribution is -2.01. The van der Waals surface area contributed by atoms with Gasteiger partial charge in [0.1, 0.15) is 11.6 Å². The van der Waals surface area contributed by atoms with E-state index in [0.29, 0.717) is 12.1 Å². The summed E-state index contributed by atoms with van der Waals surface area (Å²) in [5.74, 6) is -3.10. The minimum atomic E-state index is -1.26. The molecule has 88 valence electrons. The molecule has 0 aliphatic carbocycles. The van der Waals surface area contributed by atoms with Crippen LogP contribution in [0, 0.1) is 17.5 Å². The standard InChI is InChI=1S/C10H7F3N4/c11-5-1-7(13)8(2-6(5)12)16-10-4-15-3-9(14)17-10/h1-4H,(H3,14,16,17). The lowest BCUT2D eigenvalue weighted by Gasteiger charge is -2.07. The number of aromatic nitrogens is 2. The Kier molecular flexibility index (Phi) is 2.82. The number of anilines is 3. The van der Waals surface area contributed by atoms with Crippen LogP contribution in [0.2, 0.25) is 0 Å². The molecule has 7 heteroatoms. The van der Waals surface area contributed by atoms with Crippen LogP contribution in [0.15, 0.2) is 24.5 Å². The third-order valence-electron chi connectivity index (χ3n) is 1.93. The number of nitrogens with two attached hydrogens (primary N) is 1. The molecule has 0 aliphatic rings. The Morgan fingerprint density at radius 3 is 2.41 bits per heavy atom. The van der Waals surface area contributed by atoms with Crippen LogP contribution in [0.4, 0.5) is 30.5 Å². The number of hydrogen-bond donors (Lipinski definition) is 2. The zero-order valence-electron chi connectivity index (χ0n) is 8.42. The molecule has 1 heterocycles. The van der Waals surface area contributed by atoms with E-state index in [2.05, 4.69) is 15.3 Å². The van der Waals surface area contributed by atoms with E-state index in [1.807, 2.05) is 0 Å². The van der Waals surface area contributed by atoms with Gasteiger partial charge in [-0.3, -0.25) is 4.98 Å². The molecule has 0 radical (unpaired) electrons. The lowest BCUT2D eigenvalue weighted by molar-refractivity contribution is 0.496. The smallest absolute Gasteiger partial charge is 0.161 e. The van der Waals surface area contributed by atoms with E-state index in [1.165, 1.54) is 12.4 Å². The van der Waals surface area contributed by atoms with Crippen molar-refractivity contribution in [1.82, 2.24) is 9.97 Å². The van der Waals surface area contributed by atoms with Gasteiger partial charge in [0.2, 0.25) is 0 Å². The Morgan fingerprint density at radius 2 is 1.71 bits per heavy atom. The molecule has 0 fully saturated rings. The number of benzene rings is 1. The monoisotopic (exact) mass is 240 g/mol. The minimum absolute atomic E-state index is 0.123. The molecular formula is C10H7F3N4. The summed E-state index contributed by atoms with van der Waals surface area (Å²) in [5.41, 5.74) is 5.12. The Morgan fingerprint density at radius 1 is 1.00 bits per heavy atom.